The van der Waals surface area contributed by atoms with Crippen molar-refractivity contribution in [2.75, 3.05) is 27.9 Å². The predicted molar refractivity (Wildman–Crippen MR) is 59.9 cm³/mol. The second-order valence-electron chi connectivity index (χ2n) is 3.13. The van der Waals surface area contributed by atoms with Gasteiger partial charge in [0.1, 0.15) is 17.2 Å². The van der Waals surface area contributed by atoms with Gasteiger partial charge in [0.15, 0.2) is 0 Å². The Kier molecular flexibility index (Phi) is 4.88. The molecule has 0 aliphatic carbocycles. The average Bonchev–Trinajstić information content (AvgIpc) is 2.35. The summed E-state index contributed by atoms with van der Waals surface area (Å²) in [6, 6.07) is 3.60. The highest BCUT2D eigenvalue weighted by Crippen LogP contribution is 2.34. The van der Waals surface area contributed by atoms with Gasteiger partial charge >= 0.3 is 0 Å². The number of methoxy groups -OCH3 is 3. The number of rotatable bonds is 6. The van der Waals surface area contributed by atoms with Gasteiger partial charge in [-0.05, 0) is 0 Å². The lowest BCUT2D eigenvalue weighted by Gasteiger charge is -2.14. The summed E-state index contributed by atoms with van der Waals surface area (Å²) < 4.78 is 15.7. The molecule has 0 spiro atoms. The molecule has 0 bridgehead atoms. The van der Waals surface area contributed by atoms with Gasteiger partial charge in [-0.15, -0.1) is 0 Å². The Balaban J connectivity index is 3.09. The molecule has 1 aromatic rings. The Labute approximate surface area is 95.0 Å². The smallest absolute Gasteiger partial charge is 0.129 e. The third kappa shape index (κ3) is 2.77. The molecule has 1 aromatic carbocycles. The van der Waals surface area contributed by atoms with Gasteiger partial charge in [0.05, 0.1) is 27.9 Å². The molecule has 1 rings (SSSR count). The molecular weight excluding hydrogens is 210 g/mol. The SMILES string of the molecule is COc1cc(OC)c(CCON)c(OC)c1. The fourth-order valence-electron chi connectivity index (χ4n) is 1.49. The average molecular weight is 227 g/mol. The van der Waals surface area contributed by atoms with Gasteiger partial charge in [0.2, 0.25) is 0 Å². The van der Waals surface area contributed by atoms with Gasteiger partial charge in [-0.3, -0.25) is 0 Å². The topological polar surface area (TPSA) is 62.9 Å². The van der Waals surface area contributed by atoms with Crippen LogP contribution < -0.4 is 20.1 Å². The molecule has 0 aliphatic heterocycles. The van der Waals surface area contributed by atoms with Crippen molar-refractivity contribution >= 4 is 0 Å². The Bertz CT molecular complexity index is 316. The van der Waals surface area contributed by atoms with Gasteiger partial charge < -0.3 is 19.0 Å². The number of nitrogens with two attached hydrogens (primary N) is 1. The molecule has 90 valence electrons. The molecule has 5 nitrogen and oxygen atoms in total. The van der Waals surface area contributed by atoms with Crippen molar-refractivity contribution < 1.29 is 19.0 Å². The lowest BCUT2D eigenvalue weighted by atomic mass is 10.1. The third-order valence-electron chi connectivity index (χ3n) is 2.29. The maximum atomic E-state index is 5.27. The first-order valence-corrected chi connectivity index (χ1v) is 4.87. The summed E-state index contributed by atoms with van der Waals surface area (Å²) >= 11 is 0. The van der Waals surface area contributed by atoms with Crippen LogP contribution >= 0.6 is 0 Å². The van der Waals surface area contributed by atoms with E-state index in [0.717, 1.165) is 5.56 Å². The molecule has 16 heavy (non-hydrogen) atoms. The van der Waals surface area contributed by atoms with E-state index >= 15 is 0 Å². The van der Waals surface area contributed by atoms with Gasteiger partial charge in [0.25, 0.3) is 0 Å². The minimum Gasteiger partial charge on any atom is -0.496 e. The van der Waals surface area contributed by atoms with Gasteiger partial charge in [-0.2, -0.15) is 0 Å². The Morgan fingerprint density at radius 1 is 1.00 bits per heavy atom. The van der Waals surface area contributed by atoms with Gasteiger partial charge in [-0.25, -0.2) is 5.90 Å². The van der Waals surface area contributed by atoms with Crippen LogP contribution in [0.4, 0.5) is 0 Å². The number of ether oxygens (including phenoxy) is 3. The van der Waals surface area contributed by atoms with E-state index in [-0.39, 0.29) is 0 Å². The molecule has 0 aliphatic rings. The van der Waals surface area contributed by atoms with Crippen LogP contribution in [0.15, 0.2) is 12.1 Å². The van der Waals surface area contributed by atoms with Crippen LogP contribution in [0, 0.1) is 0 Å². The molecule has 0 saturated carbocycles. The Hall–Kier alpha value is -1.46. The number of benzene rings is 1. The summed E-state index contributed by atoms with van der Waals surface area (Å²) in [5.41, 5.74) is 0.913. The maximum Gasteiger partial charge on any atom is 0.129 e. The van der Waals surface area contributed by atoms with Crippen LogP contribution in [0.5, 0.6) is 17.2 Å². The number of hydrogen-bond donors (Lipinski definition) is 1. The molecule has 0 aromatic heterocycles. The highest BCUT2D eigenvalue weighted by Gasteiger charge is 2.12. The normalized spacial score (nSPS) is 10.0. The van der Waals surface area contributed by atoms with Crippen LogP contribution in [0.3, 0.4) is 0 Å². The van der Waals surface area contributed by atoms with Crippen molar-refractivity contribution in [3.8, 4) is 17.2 Å². The van der Waals surface area contributed by atoms with Crippen molar-refractivity contribution in [3.05, 3.63) is 17.7 Å². The summed E-state index contributed by atoms with van der Waals surface area (Å²) in [6.07, 6.45) is 0.618. The summed E-state index contributed by atoms with van der Waals surface area (Å²) in [5, 5.41) is 0. The Morgan fingerprint density at radius 2 is 1.56 bits per heavy atom. The largest absolute Gasteiger partial charge is 0.496 e. The molecule has 2 N–H and O–H groups in total. The molecule has 0 radical (unpaired) electrons. The van der Waals surface area contributed by atoms with Crippen LogP contribution in [-0.2, 0) is 11.3 Å². The van der Waals surface area contributed by atoms with Gasteiger partial charge in [0, 0.05) is 24.1 Å². The highest BCUT2D eigenvalue weighted by molar-refractivity contribution is 5.50. The zero-order valence-electron chi connectivity index (χ0n) is 9.78. The van der Waals surface area contributed by atoms with Crippen molar-refractivity contribution in [2.45, 2.75) is 6.42 Å². The van der Waals surface area contributed by atoms with E-state index in [0.29, 0.717) is 30.3 Å². The molecule has 0 unspecified atom stereocenters. The van der Waals surface area contributed by atoms with E-state index < -0.39 is 0 Å². The minimum absolute atomic E-state index is 0.402. The monoisotopic (exact) mass is 227 g/mol. The van der Waals surface area contributed by atoms with Crippen molar-refractivity contribution in [3.63, 3.8) is 0 Å². The van der Waals surface area contributed by atoms with Crippen LogP contribution in [0.1, 0.15) is 5.56 Å². The number of hydrogen-bond acceptors (Lipinski definition) is 5. The zero-order valence-corrected chi connectivity index (χ0v) is 9.78. The first-order valence-electron chi connectivity index (χ1n) is 4.87. The lowest BCUT2D eigenvalue weighted by molar-refractivity contribution is 0.140. The first kappa shape index (κ1) is 12.6. The summed E-state index contributed by atoms with van der Waals surface area (Å²) in [7, 11) is 4.79. The standard InChI is InChI=1S/C11H17NO4/c1-13-8-6-10(14-2)9(4-5-16-12)11(7-8)15-3/h6-7H,4-5,12H2,1-3H3. The molecule has 5 heteroatoms. The second-order valence-corrected chi connectivity index (χ2v) is 3.13. The molecule has 0 saturated heterocycles. The molecular formula is C11H17NO4. The van der Waals surface area contributed by atoms with E-state index in [1.807, 2.05) is 0 Å². The van der Waals surface area contributed by atoms with E-state index in [2.05, 4.69) is 4.84 Å². The molecule has 0 heterocycles. The van der Waals surface area contributed by atoms with E-state index in [1.165, 1.54) is 0 Å². The Morgan fingerprint density at radius 3 is 1.94 bits per heavy atom. The van der Waals surface area contributed by atoms with Crippen molar-refractivity contribution in [2.24, 2.45) is 5.90 Å². The minimum atomic E-state index is 0.402. The summed E-state index contributed by atoms with van der Waals surface area (Å²) in [4.78, 5) is 4.56. The molecule has 0 amide bonds. The third-order valence-corrected chi connectivity index (χ3v) is 2.29. The van der Waals surface area contributed by atoms with E-state index in [9.17, 15) is 0 Å². The van der Waals surface area contributed by atoms with E-state index in [1.54, 1.807) is 33.5 Å². The fourth-order valence-corrected chi connectivity index (χ4v) is 1.49. The van der Waals surface area contributed by atoms with Crippen LogP contribution in [0.25, 0.3) is 0 Å². The quantitative estimate of drug-likeness (QED) is 0.738. The molecule has 0 fully saturated rings. The highest BCUT2D eigenvalue weighted by atomic mass is 16.6. The fraction of sp³-hybridized carbons (Fsp3) is 0.455. The molecule has 0 atom stereocenters. The maximum absolute atomic E-state index is 5.27. The predicted octanol–water partition coefficient (Wildman–Crippen LogP) is 1.15. The lowest BCUT2D eigenvalue weighted by Crippen LogP contribution is -2.06. The van der Waals surface area contributed by atoms with Gasteiger partial charge in [-0.1, -0.05) is 0 Å². The van der Waals surface area contributed by atoms with E-state index in [4.69, 9.17) is 20.1 Å². The first-order chi connectivity index (χ1) is 7.76. The zero-order chi connectivity index (χ0) is 12.0. The van der Waals surface area contributed by atoms with Crippen LogP contribution in [-0.4, -0.2) is 27.9 Å². The summed E-state index contributed by atoms with van der Waals surface area (Å²) in [6.45, 7) is 0.402. The summed E-state index contributed by atoms with van der Waals surface area (Å²) in [5.74, 6) is 7.10. The van der Waals surface area contributed by atoms with Crippen molar-refractivity contribution in [1.29, 1.82) is 0 Å². The second kappa shape index (κ2) is 6.19. The van der Waals surface area contributed by atoms with Crippen molar-refractivity contribution in [1.82, 2.24) is 0 Å². The van der Waals surface area contributed by atoms with Crippen LogP contribution in [0.2, 0.25) is 0 Å².